The summed E-state index contributed by atoms with van der Waals surface area (Å²) in [6.07, 6.45) is 0.968. The molecule has 1 aliphatic rings. The van der Waals surface area contributed by atoms with Gasteiger partial charge in [-0.2, -0.15) is 0 Å². The molecule has 114 valence electrons. The van der Waals surface area contributed by atoms with Crippen molar-refractivity contribution in [1.29, 1.82) is 0 Å². The topological polar surface area (TPSA) is 38.3 Å². The van der Waals surface area contributed by atoms with E-state index in [4.69, 9.17) is 4.74 Å². The van der Waals surface area contributed by atoms with E-state index in [9.17, 15) is 4.79 Å². The lowest BCUT2D eigenvalue weighted by Crippen LogP contribution is -2.18. The van der Waals surface area contributed by atoms with Crippen molar-refractivity contribution in [3.8, 4) is 5.75 Å². The van der Waals surface area contributed by atoms with Crippen molar-refractivity contribution in [1.82, 2.24) is 5.32 Å². The fraction of sp³-hybridized carbons (Fsp3) is 0.316. The lowest BCUT2D eigenvalue weighted by molar-refractivity contribution is 0.103. The lowest BCUT2D eigenvalue weighted by atomic mass is 9.90. The summed E-state index contributed by atoms with van der Waals surface area (Å²) in [5.41, 5.74) is 3.88. The number of benzene rings is 2. The maximum Gasteiger partial charge on any atom is 0.196 e. The minimum Gasteiger partial charge on any atom is -0.496 e. The molecular formula is C19H21NO2. The number of carbonyl (C=O) groups is 1. The van der Waals surface area contributed by atoms with Crippen LogP contribution in [0.1, 0.15) is 39.9 Å². The summed E-state index contributed by atoms with van der Waals surface area (Å²) in [6.45, 7) is 4.10. The van der Waals surface area contributed by atoms with Crippen LogP contribution in [-0.2, 0) is 6.42 Å². The Bertz CT molecular complexity index is 679. The van der Waals surface area contributed by atoms with Crippen molar-refractivity contribution in [2.45, 2.75) is 19.3 Å². The first kappa shape index (κ1) is 14.8. The molecule has 0 saturated carbocycles. The number of hydrogen-bond donors (Lipinski definition) is 1. The Labute approximate surface area is 131 Å². The molecule has 0 aliphatic carbocycles. The number of ether oxygens (including phenoxy) is 1. The van der Waals surface area contributed by atoms with Gasteiger partial charge in [0.05, 0.1) is 12.7 Å². The van der Waals surface area contributed by atoms with Crippen molar-refractivity contribution in [3.05, 3.63) is 64.7 Å². The molecule has 1 aliphatic heterocycles. The van der Waals surface area contributed by atoms with Gasteiger partial charge in [0, 0.05) is 12.1 Å². The molecule has 0 amide bonds. The van der Waals surface area contributed by atoms with Crippen molar-refractivity contribution in [2.75, 3.05) is 20.2 Å². The Morgan fingerprint density at radius 1 is 1.23 bits per heavy atom. The molecule has 1 N–H and O–H groups in total. The molecule has 1 heterocycles. The highest BCUT2D eigenvalue weighted by atomic mass is 16.5. The third-order valence-corrected chi connectivity index (χ3v) is 4.29. The Balaban J connectivity index is 2.09. The second kappa shape index (κ2) is 6.32. The van der Waals surface area contributed by atoms with Crippen LogP contribution in [-0.4, -0.2) is 26.0 Å². The van der Waals surface area contributed by atoms with Gasteiger partial charge >= 0.3 is 0 Å². The smallest absolute Gasteiger partial charge is 0.196 e. The summed E-state index contributed by atoms with van der Waals surface area (Å²) in [5, 5.41) is 3.44. The second-order valence-corrected chi connectivity index (χ2v) is 5.80. The number of nitrogens with one attached hydrogen (secondary N) is 1. The Morgan fingerprint density at radius 3 is 2.73 bits per heavy atom. The van der Waals surface area contributed by atoms with E-state index in [1.54, 1.807) is 7.11 Å². The van der Waals surface area contributed by atoms with Crippen molar-refractivity contribution in [2.24, 2.45) is 0 Å². The summed E-state index contributed by atoms with van der Waals surface area (Å²) in [6, 6.07) is 13.4. The average Bonchev–Trinajstić information content (AvgIpc) is 2.75. The molecule has 2 aromatic carbocycles. The van der Waals surface area contributed by atoms with E-state index >= 15 is 0 Å². The molecule has 3 rings (SSSR count). The van der Waals surface area contributed by atoms with Gasteiger partial charge in [-0.3, -0.25) is 4.79 Å². The van der Waals surface area contributed by atoms with Gasteiger partial charge in [-0.05, 0) is 42.1 Å². The van der Waals surface area contributed by atoms with Crippen LogP contribution in [0, 0.1) is 0 Å². The van der Waals surface area contributed by atoms with Crippen molar-refractivity contribution >= 4 is 5.78 Å². The third-order valence-electron chi connectivity index (χ3n) is 4.29. The standard InChI is InChI=1S/C19H21NO2/c1-13-12-20-9-8-15-10-18(22-2)17(11-16(13)15)19(21)14-6-4-3-5-7-14/h3-7,10-11,13,20H,8-9,12H2,1-2H3. The van der Waals surface area contributed by atoms with Crippen LogP contribution in [0.3, 0.4) is 0 Å². The van der Waals surface area contributed by atoms with Crippen molar-refractivity contribution < 1.29 is 9.53 Å². The largest absolute Gasteiger partial charge is 0.496 e. The van der Waals surface area contributed by atoms with Gasteiger partial charge in [-0.25, -0.2) is 0 Å². The van der Waals surface area contributed by atoms with E-state index in [-0.39, 0.29) is 5.78 Å². The predicted octanol–water partition coefficient (Wildman–Crippen LogP) is 3.18. The van der Waals surface area contributed by atoms with Crippen LogP contribution in [0.2, 0.25) is 0 Å². The summed E-state index contributed by atoms with van der Waals surface area (Å²) in [5.74, 6) is 1.08. The van der Waals surface area contributed by atoms with E-state index in [1.807, 2.05) is 42.5 Å². The monoisotopic (exact) mass is 295 g/mol. The van der Waals surface area contributed by atoms with Crippen molar-refractivity contribution in [3.63, 3.8) is 0 Å². The van der Waals surface area contributed by atoms with Gasteiger partial charge < -0.3 is 10.1 Å². The maximum atomic E-state index is 12.8. The molecule has 0 spiro atoms. The first-order chi connectivity index (χ1) is 10.7. The van der Waals surface area contributed by atoms with E-state index in [1.165, 1.54) is 11.1 Å². The summed E-state index contributed by atoms with van der Waals surface area (Å²) in [4.78, 5) is 12.8. The fourth-order valence-corrected chi connectivity index (χ4v) is 3.06. The van der Waals surface area contributed by atoms with Crippen LogP contribution in [0.15, 0.2) is 42.5 Å². The number of ketones is 1. The van der Waals surface area contributed by atoms with Gasteiger partial charge in [-0.15, -0.1) is 0 Å². The number of hydrogen-bond acceptors (Lipinski definition) is 3. The zero-order valence-electron chi connectivity index (χ0n) is 13.1. The molecule has 0 aromatic heterocycles. The third kappa shape index (κ3) is 2.77. The average molecular weight is 295 g/mol. The summed E-state index contributed by atoms with van der Waals surface area (Å²) >= 11 is 0. The molecule has 3 heteroatoms. The molecule has 2 aromatic rings. The minimum absolute atomic E-state index is 0.0182. The summed E-state index contributed by atoms with van der Waals surface area (Å²) < 4.78 is 5.49. The van der Waals surface area contributed by atoms with Crippen LogP contribution >= 0.6 is 0 Å². The van der Waals surface area contributed by atoms with E-state index in [2.05, 4.69) is 12.2 Å². The normalized spacial score (nSPS) is 17.5. The number of methoxy groups -OCH3 is 1. The molecule has 22 heavy (non-hydrogen) atoms. The second-order valence-electron chi connectivity index (χ2n) is 5.80. The Hall–Kier alpha value is -2.13. The Morgan fingerprint density at radius 2 is 2.00 bits per heavy atom. The van der Waals surface area contributed by atoms with Crippen LogP contribution in [0.5, 0.6) is 5.75 Å². The molecule has 1 unspecified atom stereocenters. The van der Waals surface area contributed by atoms with E-state index < -0.39 is 0 Å². The molecule has 0 saturated heterocycles. The van der Waals surface area contributed by atoms with Crippen LogP contribution in [0.4, 0.5) is 0 Å². The fourth-order valence-electron chi connectivity index (χ4n) is 3.06. The number of rotatable bonds is 3. The van der Waals surface area contributed by atoms with Gasteiger partial charge in [0.2, 0.25) is 0 Å². The maximum absolute atomic E-state index is 12.8. The highest BCUT2D eigenvalue weighted by Crippen LogP contribution is 2.31. The molecular weight excluding hydrogens is 274 g/mol. The van der Waals surface area contributed by atoms with Crippen LogP contribution in [0.25, 0.3) is 0 Å². The predicted molar refractivity (Wildman–Crippen MR) is 87.9 cm³/mol. The number of carbonyl (C=O) groups excluding carboxylic acids is 1. The zero-order chi connectivity index (χ0) is 15.5. The SMILES string of the molecule is COc1cc2c(cc1C(=O)c1ccccc1)C(C)CNCC2. The quantitative estimate of drug-likeness (QED) is 0.884. The molecule has 0 fully saturated rings. The van der Waals surface area contributed by atoms with Gasteiger partial charge in [0.15, 0.2) is 5.78 Å². The van der Waals surface area contributed by atoms with E-state index in [0.717, 1.165) is 19.5 Å². The molecule has 1 atom stereocenters. The van der Waals surface area contributed by atoms with E-state index in [0.29, 0.717) is 22.8 Å². The lowest BCUT2D eigenvalue weighted by Gasteiger charge is -2.17. The zero-order valence-corrected chi connectivity index (χ0v) is 13.1. The minimum atomic E-state index is 0.0182. The first-order valence-corrected chi connectivity index (χ1v) is 7.72. The van der Waals surface area contributed by atoms with Gasteiger partial charge in [0.25, 0.3) is 0 Å². The molecule has 0 bridgehead atoms. The van der Waals surface area contributed by atoms with Crippen LogP contribution < -0.4 is 10.1 Å². The molecule has 0 radical (unpaired) electrons. The highest BCUT2D eigenvalue weighted by Gasteiger charge is 2.21. The number of fused-ring (bicyclic) bond motifs is 1. The van der Waals surface area contributed by atoms with Gasteiger partial charge in [-0.1, -0.05) is 37.3 Å². The summed E-state index contributed by atoms with van der Waals surface area (Å²) in [7, 11) is 1.63. The molecule has 3 nitrogen and oxygen atoms in total. The Kier molecular flexibility index (Phi) is 4.25. The van der Waals surface area contributed by atoms with Gasteiger partial charge in [0.1, 0.15) is 5.75 Å². The highest BCUT2D eigenvalue weighted by molar-refractivity contribution is 6.10. The first-order valence-electron chi connectivity index (χ1n) is 7.72.